The summed E-state index contributed by atoms with van der Waals surface area (Å²) in [6.07, 6.45) is 2.86. The fourth-order valence-corrected chi connectivity index (χ4v) is 1.72. The van der Waals surface area contributed by atoms with Crippen molar-refractivity contribution < 1.29 is 13.2 Å². The van der Waals surface area contributed by atoms with E-state index in [1.807, 2.05) is 6.92 Å². The molecule has 0 saturated heterocycles. The van der Waals surface area contributed by atoms with Crippen LogP contribution in [0.4, 0.5) is 0 Å². The van der Waals surface area contributed by atoms with Gasteiger partial charge in [-0.15, -0.1) is 0 Å². The lowest BCUT2D eigenvalue weighted by molar-refractivity contribution is -0.122. The maximum absolute atomic E-state index is 11.4. The Labute approximate surface area is 96.8 Å². The molecule has 0 heterocycles. The van der Waals surface area contributed by atoms with Crippen LogP contribution in [0, 0.1) is 0 Å². The van der Waals surface area contributed by atoms with Crippen molar-refractivity contribution in [3.05, 3.63) is 0 Å². The van der Waals surface area contributed by atoms with E-state index in [1.165, 1.54) is 0 Å². The van der Waals surface area contributed by atoms with Crippen LogP contribution in [0.15, 0.2) is 0 Å². The summed E-state index contributed by atoms with van der Waals surface area (Å²) in [5.74, 6) is -0.361. The van der Waals surface area contributed by atoms with E-state index in [2.05, 4.69) is 5.32 Å². The van der Waals surface area contributed by atoms with Crippen molar-refractivity contribution in [3.8, 4) is 0 Å². The summed E-state index contributed by atoms with van der Waals surface area (Å²) in [5, 5.41) is 7.39. The molecule has 0 rings (SSSR count). The van der Waals surface area contributed by atoms with Gasteiger partial charge in [0, 0.05) is 6.54 Å². The molecule has 0 aromatic heterocycles. The number of sulfonamides is 1. The summed E-state index contributed by atoms with van der Waals surface area (Å²) in [6.45, 7) is 2.31. The minimum atomic E-state index is -3.44. The van der Waals surface area contributed by atoms with Crippen molar-refractivity contribution in [1.82, 2.24) is 5.32 Å². The Morgan fingerprint density at radius 3 is 2.50 bits per heavy atom. The number of hydrogen-bond donors (Lipinski definition) is 3. The first-order chi connectivity index (χ1) is 7.37. The van der Waals surface area contributed by atoms with Gasteiger partial charge in [-0.2, -0.15) is 0 Å². The van der Waals surface area contributed by atoms with E-state index in [1.54, 1.807) is 0 Å². The standard InChI is InChI=1S/C9H21N3O3S/c1-2-3-5-8(10)9(13)12-6-4-7-16(11,14)15/h8H,2-7,10H2,1H3,(H,12,13)(H2,11,14,15)/t8-/m0/s1. The summed E-state index contributed by atoms with van der Waals surface area (Å²) in [4.78, 5) is 11.4. The topological polar surface area (TPSA) is 115 Å². The van der Waals surface area contributed by atoms with E-state index in [0.717, 1.165) is 12.8 Å². The molecule has 1 atom stereocenters. The summed E-state index contributed by atoms with van der Waals surface area (Å²) < 4.78 is 21.2. The fourth-order valence-electron chi connectivity index (χ4n) is 1.17. The molecular weight excluding hydrogens is 230 g/mol. The number of nitrogens with one attached hydrogen (secondary N) is 1. The number of nitrogens with two attached hydrogens (primary N) is 2. The highest BCUT2D eigenvalue weighted by Crippen LogP contribution is 1.97. The van der Waals surface area contributed by atoms with Crippen LogP contribution in [0.25, 0.3) is 0 Å². The van der Waals surface area contributed by atoms with E-state index < -0.39 is 16.1 Å². The van der Waals surface area contributed by atoms with Crippen LogP contribution in [-0.2, 0) is 14.8 Å². The van der Waals surface area contributed by atoms with Gasteiger partial charge in [0.25, 0.3) is 0 Å². The lowest BCUT2D eigenvalue weighted by atomic mass is 10.1. The van der Waals surface area contributed by atoms with Gasteiger partial charge in [-0.25, -0.2) is 13.6 Å². The number of carbonyl (C=O) groups excluding carboxylic acids is 1. The predicted molar refractivity (Wildman–Crippen MR) is 63.1 cm³/mol. The molecule has 0 aromatic rings. The van der Waals surface area contributed by atoms with Crippen molar-refractivity contribution >= 4 is 15.9 Å². The van der Waals surface area contributed by atoms with Gasteiger partial charge in [0.15, 0.2) is 0 Å². The first-order valence-electron chi connectivity index (χ1n) is 5.40. The Morgan fingerprint density at radius 1 is 1.38 bits per heavy atom. The van der Waals surface area contributed by atoms with Crippen LogP contribution >= 0.6 is 0 Å². The summed E-state index contributed by atoms with van der Waals surface area (Å²) >= 11 is 0. The molecule has 5 N–H and O–H groups in total. The molecule has 6 nitrogen and oxygen atoms in total. The fraction of sp³-hybridized carbons (Fsp3) is 0.889. The van der Waals surface area contributed by atoms with Crippen LogP contribution < -0.4 is 16.2 Å². The zero-order valence-corrected chi connectivity index (χ0v) is 10.4. The van der Waals surface area contributed by atoms with E-state index >= 15 is 0 Å². The molecular formula is C9H21N3O3S. The normalized spacial score (nSPS) is 13.4. The summed E-state index contributed by atoms with van der Waals surface area (Å²) in [5.41, 5.74) is 5.62. The first-order valence-corrected chi connectivity index (χ1v) is 7.12. The van der Waals surface area contributed by atoms with Crippen LogP contribution in [0.5, 0.6) is 0 Å². The van der Waals surface area contributed by atoms with Crippen LogP contribution in [0.1, 0.15) is 32.6 Å². The van der Waals surface area contributed by atoms with Crippen molar-refractivity contribution in [2.75, 3.05) is 12.3 Å². The quantitative estimate of drug-likeness (QED) is 0.495. The number of rotatable bonds is 8. The Kier molecular flexibility index (Phi) is 7.27. The number of amides is 1. The average molecular weight is 251 g/mol. The highest BCUT2D eigenvalue weighted by molar-refractivity contribution is 7.89. The van der Waals surface area contributed by atoms with Crippen LogP contribution in [-0.4, -0.2) is 32.7 Å². The molecule has 0 radical (unpaired) electrons. The molecule has 7 heteroatoms. The second kappa shape index (κ2) is 7.59. The highest BCUT2D eigenvalue weighted by Gasteiger charge is 2.12. The molecule has 1 amide bonds. The smallest absolute Gasteiger partial charge is 0.236 e. The van der Waals surface area contributed by atoms with Crippen molar-refractivity contribution in [2.24, 2.45) is 10.9 Å². The van der Waals surface area contributed by atoms with E-state index in [4.69, 9.17) is 10.9 Å². The Hall–Kier alpha value is -0.660. The van der Waals surface area contributed by atoms with Crippen LogP contribution in [0.3, 0.4) is 0 Å². The highest BCUT2D eigenvalue weighted by atomic mass is 32.2. The van der Waals surface area contributed by atoms with Gasteiger partial charge in [-0.1, -0.05) is 19.8 Å². The third-order valence-corrected chi connectivity index (χ3v) is 2.97. The molecule has 0 aliphatic heterocycles. The van der Waals surface area contributed by atoms with Crippen molar-refractivity contribution in [2.45, 2.75) is 38.6 Å². The van der Waals surface area contributed by atoms with Gasteiger partial charge in [0.05, 0.1) is 11.8 Å². The lowest BCUT2D eigenvalue weighted by Crippen LogP contribution is -2.41. The van der Waals surface area contributed by atoms with Gasteiger partial charge in [-0.3, -0.25) is 4.79 Å². The Balaban J connectivity index is 3.65. The maximum Gasteiger partial charge on any atom is 0.236 e. The third-order valence-electron chi connectivity index (χ3n) is 2.11. The molecule has 0 aliphatic carbocycles. The predicted octanol–water partition coefficient (Wildman–Crippen LogP) is -0.701. The van der Waals surface area contributed by atoms with Gasteiger partial charge >= 0.3 is 0 Å². The summed E-state index contributed by atoms with van der Waals surface area (Å²) in [7, 11) is -3.44. The first kappa shape index (κ1) is 15.3. The minimum Gasteiger partial charge on any atom is -0.355 e. The molecule has 0 aromatic carbocycles. The number of unbranched alkanes of at least 4 members (excludes halogenated alkanes) is 1. The van der Waals surface area contributed by atoms with Crippen molar-refractivity contribution in [3.63, 3.8) is 0 Å². The molecule has 0 bridgehead atoms. The molecule has 0 unspecified atom stereocenters. The second-order valence-corrected chi connectivity index (χ2v) is 5.49. The largest absolute Gasteiger partial charge is 0.355 e. The molecule has 0 fully saturated rings. The maximum atomic E-state index is 11.4. The monoisotopic (exact) mass is 251 g/mol. The van der Waals surface area contributed by atoms with Crippen LogP contribution in [0.2, 0.25) is 0 Å². The Morgan fingerprint density at radius 2 is 2.00 bits per heavy atom. The van der Waals surface area contributed by atoms with Gasteiger partial charge in [-0.05, 0) is 12.8 Å². The van der Waals surface area contributed by atoms with E-state index in [9.17, 15) is 13.2 Å². The number of carbonyl (C=O) groups is 1. The second-order valence-electron chi connectivity index (χ2n) is 3.76. The lowest BCUT2D eigenvalue weighted by Gasteiger charge is -2.11. The Bertz CT molecular complexity index is 303. The average Bonchev–Trinajstić information content (AvgIpc) is 2.19. The number of primary sulfonamides is 1. The molecule has 16 heavy (non-hydrogen) atoms. The molecule has 0 aliphatic rings. The minimum absolute atomic E-state index is 0.128. The van der Waals surface area contributed by atoms with E-state index in [0.29, 0.717) is 12.8 Å². The van der Waals surface area contributed by atoms with Gasteiger partial charge in [0.2, 0.25) is 15.9 Å². The molecule has 0 spiro atoms. The zero-order chi connectivity index (χ0) is 12.6. The van der Waals surface area contributed by atoms with Crippen molar-refractivity contribution in [1.29, 1.82) is 0 Å². The van der Waals surface area contributed by atoms with Gasteiger partial charge < -0.3 is 11.1 Å². The number of hydrogen-bond acceptors (Lipinski definition) is 4. The van der Waals surface area contributed by atoms with E-state index in [-0.39, 0.29) is 18.2 Å². The molecule has 96 valence electrons. The summed E-state index contributed by atoms with van der Waals surface area (Å²) in [6, 6.07) is -0.505. The SMILES string of the molecule is CCCC[C@H](N)C(=O)NCCCS(N)(=O)=O. The van der Waals surface area contributed by atoms with Gasteiger partial charge in [0.1, 0.15) is 0 Å². The third kappa shape index (κ3) is 8.63. The zero-order valence-electron chi connectivity index (χ0n) is 9.61. The molecule has 0 saturated carbocycles.